The molecule has 98 valence electrons. The minimum atomic E-state index is -0.786. The Balaban J connectivity index is 1.72. The molecule has 0 bridgehead atoms. The molecular formula is C12H23N3O2. The molecule has 0 aromatic rings. The molecule has 1 unspecified atom stereocenters. The van der Waals surface area contributed by atoms with Gasteiger partial charge in [0.2, 0.25) is 5.91 Å². The Labute approximate surface area is 103 Å². The van der Waals surface area contributed by atoms with Gasteiger partial charge in [-0.15, -0.1) is 0 Å². The van der Waals surface area contributed by atoms with E-state index in [1.54, 1.807) is 0 Å². The highest BCUT2D eigenvalue weighted by Gasteiger charge is 2.38. The van der Waals surface area contributed by atoms with Crippen molar-refractivity contribution in [2.75, 3.05) is 39.9 Å². The molecule has 0 aromatic heterocycles. The third-order valence-corrected chi connectivity index (χ3v) is 3.89. The summed E-state index contributed by atoms with van der Waals surface area (Å²) in [6, 6.07) is 0. The van der Waals surface area contributed by atoms with Crippen LogP contribution in [0.1, 0.15) is 19.3 Å². The summed E-state index contributed by atoms with van der Waals surface area (Å²) in [5.41, 5.74) is 5.21. The maximum atomic E-state index is 11.9. The van der Waals surface area contributed by atoms with Gasteiger partial charge in [0.15, 0.2) is 0 Å². The molecule has 2 saturated heterocycles. The van der Waals surface area contributed by atoms with Crippen LogP contribution in [0.4, 0.5) is 0 Å². The van der Waals surface area contributed by atoms with E-state index in [0.717, 1.165) is 32.5 Å². The molecule has 2 fully saturated rings. The number of piperidine rings is 1. The van der Waals surface area contributed by atoms with Crippen LogP contribution in [0, 0.1) is 5.92 Å². The summed E-state index contributed by atoms with van der Waals surface area (Å²) in [6.07, 6.45) is 2.95. The summed E-state index contributed by atoms with van der Waals surface area (Å²) in [4.78, 5) is 14.3. The number of amides is 1. The van der Waals surface area contributed by atoms with E-state index < -0.39 is 5.54 Å². The maximum Gasteiger partial charge on any atom is 0.242 e. The van der Waals surface area contributed by atoms with Crippen LogP contribution in [0.25, 0.3) is 0 Å². The fourth-order valence-electron chi connectivity index (χ4n) is 2.44. The zero-order chi connectivity index (χ0) is 12.3. The summed E-state index contributed by atoms with van der Waals surface area (Å²) in [6.45, 7) is 3.95. The smallest absolute Gasteiger partial charge is 0.242 e. The zero-order valence-corrected chi connectivity index (χ0v) is 10.6. The Morgan fingerprint density at radius 1 is 1.53 bits per heavy atom. The summed E-state index contributed by atoms with van der Waals surface area (Å²) in [7, 11) is 2.14. The largest absolute Gasteiger partial charge is 0.379 e. The van der Waals surface area contributed by atoms with E-state index in [9.17, 15) is 4.79 Å². The molecule has 1 atom stereocenters. The second-order valence-corrected chi connectivity index (χ2v) is 5.42. The molecule has 2 aliphatic heterocycles. The van der Waals surface area contributed by atoms with Gasteiger partial charge < -0.3 is 20.7 Å². The van der Waals surface area contributed by atoms with Crippen molar-refractivity contribution in [1.29, 1.82) is 0 Å². The third-order valence-electron chi connectivity index (χ3n) is 3.89. The molecule has 0 saturated carbocycles. The highest BCUT2D eigenvalue weighted by atomic mass is 16.5. The first-order valence-electron chi connectivity index (χ1n) is 6.44. The lowest BCUT2D eigenvalue weighted by molar-refractivity contribution is -0.126. The average molecular weight is 241 g/mol. The number of nitrogens with zero attached hydrogens (tertiary/aromatic N) is 1. The van der Waals surface area contributed by atoms with Crippen molar-refractivity contribution in [2.24, 2.45) is 11.7 Å². The minimum Gasteiger partial charge on any atom is -0.379 e. The first kappa shape index (κ1) is 12.8. The maximum absolute atomic E-state index is 11.9. The fourth-order valence-corrected chi connectivity index (χ4v) is 2.44. The van der Waals surface area contributed by atoms with E-state index in [1.807, 2.05) is 0 Å². The minimum absolute atomic E-state index is 0.0473. The summed E-state index contributed by atoms with van der Waals surface area (Å²) >= 11 is 0. The van der Waals surface area contributed by atoms with Crippen molar-refractivity contribution in [3.63, 3.8) is 0 Å². The van der Waals surface area contributed by atoms with Crippen LogP contribution in [-0.2, 0) is 9.53 Å². The second-order valence-electron chi connectivity index (χ2n) is 5.42. The molecule has 2 aliphatic rings. The monoisotopic (exact) mass is 241 g/mol. The second kappa shape index (κ2) is 5.33. The van der Waals surface area contributed by atoms with Crippen molar-refractivity contribution >= 4 is 5.91 Å². The van der Waals surface area contributed by atoms with E-state index in [1.165, 1.54) is 0 Å². The van der Waals surface area contributed by atoms with Crippen molar-refractivity contribution < 1.29 is 9.53 Å². The van der Waals surface area contributed by atoms with Crippen LogP contribution < -0.4 is 11.1 Å². The number of carbonyl (C=O) groups is 1. The first-order valence-corrected chi connectivity index (χ1v) is 6.44. The standard InChI is InChI=1S/C12H23N3O2/c1-15-5-2-10(3-6-15)8-14-11(16)12(13)4-7-17-9-12/h10H,2-9,13H2,1H3,(H,14,16). The quantitative estimate of drug-likeness (QED) is 0.703. The van der Waals surface area contributed by atoms with Crippen LogP contribution in [0.15, 0.2) is 0 Å². The molecule has 0 radical (unpaired) electrons. The van der Waals surface area contributed by atoms with Gasteiger partial charge in [0.1, 0.15) is 5.54 Å². The molecule has 2 heterocycles. The molecule has 5 heteroatoms. The van der Waals surface area contributed by atoms with E-state index >= 15 is 0 Å². The Morgan fingerprint density at radius 3 is 2.82 bits per heavy atom. The summed E-state index contributed by atoms with van der Waals surface area (Å²) in [5, 5.41) is 2.99. The fraction of sp³-hybridized carbons (Fsp3) is 0.917. The van der Waals surface area contributed by atoms with E-state index in [-0.39, 0.29) is 5.91 Å². The third kappa shape index (κ3) is 3.18. The van der Waals surface area contributed by atoms with Crippen LogP contribution in [0.2, 0.25) is 0 Å². The van der Waals surface area contributed by atoms with Crippen molar-refractivity contribution in [2.45, 2.75) is 24.8 Å². The molecule has 0 spiro atoms. The molecule has 0 aliphatic carbocycles. The molecule has 0 aromatic carbocycles. The van der Waals surface area contributed by atoms with Crippen LogP contribution in [0.5, 0.6) is 0 Å². The topological polar surface area (TPSA) is 67.6 Å². The lowest BCUT2D eigenvalue weighted by Crippen LogP contribution is -2.55. The average Bonchev–Trinajstić information content (AvgIpc) is 2.76. The molecule has 5 nitrogen and oxygen atoms in total. The van der Waals surface area contributed by atoms with Gasteiger partial charge in [0.05, 0.1) is 6.61 Å². The van der Waals surface area contributed by atoms with Crippen molar-refractivity contribution in [3.8, 4) is 0 Å². The van der Waals surface area contributed by atoms with Gasteiger partial charge >= 0.3 is 0 Å². The molecule has 2 rings (SSSR count). The van der Waals surface area contributed by atoms with Gasteiger partial charge in [-0.3, -0.25) is 4.79 Å². The number of rotatable bonds is 3. The normalized spacial score (nSPS) is 31.6. The molecule has 17 heavy (non-hydrogen) atoms. The van der Waals surface area contributed by atoms with E-state index in [0.29, 0.717) is 25.6 Å². The van der Waals surface area contributed by atoms with Gasteiger partial charge in [-0.05, 0) is 45.3 Å². The Bertz CT molecular complexity index is 269. The van der Waals surface area contributed by atoms with Gasteiger partial charge in [-0.2, -0.15) is 0 Å². The Morgan fingerprint density at radius 2 is 2.24 bits per heavy atom. The number of carbonyl (C=O) groups excluding carboxylic acids is 1. The Kier molecular flexibility index (Phi) is 4.01. The molecule has 1 amide bonds. The zero-order valence-electron chi connectivity index (χ0n) is 10.6. The number of hydrogen-bond donors (Lipinski definition) is 2. The van der Waals surface area contributed by atoms with Gasteiger partial charge in [-0.25, -0.2) is 0 Å². The van der Waals surface area contributed by atoms with Gasteiger partial charge in [-0.1, -0.05) is 0 Å². The van der Waals surface area contributed by atoms with Crippen LogP contribution in [0.3, 0.4) is 0 Å². The molecular weight excluding hydrogens is 218 g/mol. The Hall–Kier alpha value is -0.650. The molecule has 3 N–H and O–H groups in total. The number of nitrogens with one attached hydrogen (secondary N) is 1. The number of likely N-dealkylation sites (tertiary alicyclic amines) is 1. The predicted molar refractivity (Wildman–Crippen MR) is 65.6 cm³/mol. The van der Waals surface area contributed by atoms with Crippen molar-refractivity contribution in [1.82, 2.24) is 10.2 Å². The number of nitrogens with two attached hydrogens (primary N) is 1. The first-order chi connectivity index (χ1) is 8.10. The number of hydrogen-bond acceptors (Lipinski definition) is 4. The van der Waals surface area contributed by atoms with Crippen LogP contribution in [-0.4, -0.2) is 56.2 Å². The van der Waals surface area contributed by atoms with Gasteiger partial charge in [0.25, 0.3) is 0 Å². The summed E-state index contributed by atoms with van der Waals surface area (Å²) < 4.78 is 5.19. The number of ether oxygens (including phenoxy) is 1. The van der Waals surface area contributed by atoms with Crippen molar-refractivity contribution in [3.05, 3.63) is 0 Å². The van der Waals surface area contributed by atoms with E-state index in [2.05, 4.69) is 17.3 Å². The SMILES string of the molecule is CN1CCC(CNC(=O)C2(N)CCOC2)CC1. The lowest BCUT2D eigenvalue weighted by atomic mass is 9.95. The van der Waals surface area contributed by atoms with Gasteiger partial charge in [0, 0.05) is 13.2 Å². The summed E-state index contributed by atoms with van der Waals surface area (Å²) in [5.74, 6) is 0.551. The highest BCUT2D eigenvalue weighted by molar-refractivity contribution is 5.86. The predicted octanol–water partition coefficient (Wildman–Crippen LogP) is -0.438. The van der Waals surface area contributed by atoms with E-state index in [4.69, 9.17) is 10.5 Å². The van der Waals surface area contributed by atoms with Crippen LogP contribution >= 0.6 is 0 Å². The highest BCUT2D eigenvalue weighted by Crippen LogP contribution is 2.17. The lowest BCUT2D eigenvalue weighted by Gasteiger charge is -2.30.